The monoisotopic (exact) mass is 228 g/mol. The van der Waals surface area contributed by atoms with Crippen molar-refractivity contribution in [1.82, 2.24) is 10.3 Å². The lowest BCUT2D eigenvalue weighted by molar-refractivity contribution is -0.132. The van der Waals surface area contributed by atoms with Gasteiger partial charge in [0.1, 0.15) is 0 Å². The van der Waals surface area contributed by atoms with Gasteiger partial charge in [0.2, 0.25) is 0 Å². The van der Waals surface area contributed by atoms with Crippen LogP contribution in [0.5, 0.6) is 0 Å². The first kappa shape index (κ1) is 10.2. The number of carbonyl (C=O) groups is 1. The summed E-state index contributed by atoms with van der Waals surface area (Å²) in [4.78, 5) is 15.9. The fraction of sp³-hybridized carbons (Fsp3) is 0.231. The number of pyridine rings is 1. The van der Waals surface area contributed by atoms with Gasteiger partial charge in [-0.15, -0.1) is 0 Å². The highest BCUT2D eigenvalue weighted by Crippen LogP contribution is 2.28. The van der Waals surface area contributed by atoms with Crippen LogP contribution in [0, 0.1) is 0 Å². The van der Waals surface area contributed by atoms with Crippen molar-refractivity contribution in [2.75, 3.05) is 6.61 Å². The zero-order valence-electron chi connectivity index (χ0n) is 9.27. The lowest BCUT2D eigenvalue weighted by Crippen LogP contribution is -2.43. The Morgan fingerprint density at radius 1 is 1.53 bits per heavy atom. The van der Waals surface area contributed by atoms with Crippen LogP contribution in [-0.4, -0.2) is 23.6 Å². The minimum Gasteiger partial charge on any atom is -0.358 e. The van der Waals surface area contributed by atoms with Crippen molar-refractivity contribution in [3.63, 3.8) is 0 Å². The Bertz CT molecular complexity index is 534. The molecule has 0 spiro atoms. The molecule has 1 aliphatic carbocycles. The largest absolute Gasteiger partial charge is 0.358 e. The molecule has 1 unspecified atom stereocenters. The molecule has 0 radical (unpaired) electrons. The molecule has 1 aliphatic heterocycles. The Hall–Kier alpha value is -1.94. The summed E-state index contributed by atoms with van der Waals surface area (Å²) in [5.41, 5.74) is 3.86. The van der Waals surface area contributed by atoms with Gasteiger partial charge in [-0.2, -0.15) is 0 Å². The van der Waals surface area contributed by atoms with E-state index in [1.165, 1.54) is 5.56 Å². The van der Waals surface area contributed by atoms with Gasteiger partial charge in [-0.25, -0.2) is 0 Å². The minimum atomic E-state index is -0.493. The van der Waals surface area contributed by atoms with Crippen LogP contribution in [0.25, 0.3) is 6.08 Å². The minimum absolute atomic E-state index is 0.131. The standard InChI is InChI=1S/C13H12N2O2/c1-8-7-17-12(13(16)15-8)10-4-9-2-3-14-6-11(9)5-10/h2-3,5-6,12H,1,4,7H2,(H,15,16). The van der Waals surface area contributed by atoms with Crippen LogP contribution in [-0.2, 0) is 16.0 Å². The van der Waals surface area contributed by atoms with E-state index in [4.69, 9.17) is 4.74 Å². The summed E-state index contributed by atoms with van der Waals surface area (Å²) in [6.45, 7) is 4.06. The maximum Gasteiger partial charge on any atom is 0.257 e. The molecule has 1 amide bonds. The molecule has 0 aromatic carbocycles. The van der Waals surface area contributed by atoms with Gasteiger partial charge in [-0.3, -0.25) is 9.78 Å². The zero-order chi connectivity index (χ0) is 11.8. The van der Waals surface area contributed by atoms with Gasteiger partial charge in [0.05, 0.1) is 6.61 Å². The number of amides is 1. The SMILES string of the molecule is C=C1COC(C2=Cc3cnccc3C2)C(=O)N1. The predicted molar refractivity (Wildman–Crippen MR) is 62.9 cm³/mol. The van der Waals surface area contributed by atoms with E-state index in [1.807, 2.05) is 18.3 Å². The Kier molecular flexibility index (Phi) is 2.30. The Morgan fingerprint density at radius 2 is 2.41 bits per heavy atom. The maximum absolute atomic E-state index is 11.8. The first-order valence-corrected chi connectivity index (χ1v) is 5.47. The lowest BCUT2D eigenvalue weighted by atomic mass is 10.1. The molecule has 1 atom stereocenters. The summed E-state index contributed by atoms with van der Waals surface area (Å²) >= 11 is 0. The summed E-state index contributed by atoms with van der Waals surface area (Å²) in [5.74, 6) is -0.131. The maximum atomic E-state index is 11.8. The molecular weight excluding hydrogens is 216 g/mol. The van der Waals surface area contributed by atoms with Gasteiger partial charge in [0.25, 0.3) is 5.91 Å². The third kappa shape index (κ3) is 1.76. The van der Waals surface area contributed by atoms with E-state index in [0.717, 1.165) is 17.6 Å². The number of morpholine rings is 1. The molecule has 3 rings (SSSR count). The predicted octanol–water partition coefficient (Wildman–Crippen LogP) is 1.05. The van der Waals surface area contributed by atoms with E-state index in [2.05, 4.69) is 16.9 Å². The molecule has 1 saturated heterocycles. The smallest absolute Gasteiger partial charge is 0.257 e. The number of nitrogens with zero attached hydrogens (tertiary/aromatic N) is 1. The number of aromatic nitrogens is 1. The van der Waals surface area contributed by atoms with Crippen LogP contribution in [0.15, 0.2) is 36.3 Å². The van der Waals surface area contributed by atoms with Gasteiger partial charge in [0.15, 0.2) is 6.10 Å². The van der Waals surface area contributed by atoms with Gasteiger partial charge in [0, 0.05) is 18.1 Å². The van der Waals surface area contributed by atoms with Crippen molar-refractivity contribution in [2.45, 2.75) is 12.5 Å². The Balaban J connectivity index is 1.84. The van der Waals surface area contributed by atoms with Crippen LogP contribution in [0.4, 0.5) is 0 Å². The van der Waals surface area contributed by atoms with E-state index in [1.54, 1.807) is 6.20 Å². The number of hydrogen-bond acceptors (Lipinski definition) is 3. The first-order chi connectivity index (χ1) is 8.24. The highest BCUT2D eigenvalue weighted by molar-refractivity contribution is 5.88. The highest BCUT2D eigenvalue weighted by Gasteiger charge is 2.30. The van der Waals surface area contributed by atoms with Crippen LogP contribution in [0.1, 0.15) is 11.1 Å². The second-order valence-corrected chi connectivity index (χ2v) is 4.25. The average molecular weight is 228 g/mol. The molecule has 1 aromatic rings. The average Bonchev–Trinajstić information content (AvgIpc) is 2.72. The molecule has 86 valence electrons. The molecule has 4 heteroatoms. The number of carbonyl (C=O) groups excluding carboxylic acids is 1. The third-order valence-electron chi connectivity index (χ3n) is 2.98. The van der Waals surface area contributed by atoms with Crippen molar-refractivity contribution >= 4 is 12.0 Å². The van der Waals surface area contributed by atoms with Crippen molar-refractivity contribution in [1.29, 1.82) is 0 Å². The van der Waals surface area contributed by atoms with Crippen LogP contribution >= 0.6 is 0 Å². The van der Waals surface area contributed by atoms with Crippen LogP contribution in [0.3, 0.4) is 0 Å². The summed E-state index contributed by atoms with van der Waals surface area (Å²) in [6.07, 6.45) is 5.82. The molecule has 1 N–H and O–H groups in total. The van der Waals surface area contributed by atoms with E-state index >= 15 is 0 Å². The molecule has 0 bridgehead atoms. The zero-order valence-corrected chi connectivity index (χ0v) is 9.27. The van der Waals surface area contributed by atoms with Crippen molar-refractivity contribution in [3.05, 3.63) is 47.4 Å². The summed E-state index contributed by atoms with van der Waals surface area (Å²) in [7, 11) is 0. The second kappa shape index (κ2) is 3.82. The van der Waals surface area contributed by atoms with Gasteiger partial charge >= 0.3 is 0 Å². The fourth-order valence-electron chi connectivity index (χ4n) is 2.18. The van der Waals surface area contributed by atoms with E-state index in [9.17, 15) is 4.79 Å². The molecule has 4 nitrogen and oxygen atoms in total. The molecule has 17 heavy (non-hydrogen) atoms. The van der Waals surface area contributed by atoms with Crippen molar-refractivity contribution < 1.29 is 9.53 Å². The van der Waals surface area contributed by atoms with E-state index < -0.39 is 6.10 Å². The second-order valence-electron chi connectivity index (χ2n) is 4.25. The lowest BCUT2D eigenvalue weighted by Gasteiger charge is -2.25. The number of hydrogen-bond donors (Lipinski definition) is 1. The molecular formula is C13H12N2O2. The van der Waals surface area contributed by atoms with Gasteiger partial charge < -0.3 is 10.1 Å². The van der Waals surface area contributed by atoms with Gasteiger partial charge in [-0.1, -0.05) is 12.7 Å². The highest BCUT2D eigenvalue weighted by atomic mass is 16.5. The Labute approximate surface area is 99.0 Å². The third-order valence-corrected chi connectivity index (χ3v) is 2.98. The molecule has 0 saturated carbocycles. The summed E-state index contributed by atoms with van der Waals surface area (Å²) < 4.78 is 5.52. The summed E-state index contributed by atoms with van der Waals surface area (Å²) in [6, 6.07) is 1.97. The first-order valence-electron chi connectivity index (χ1n) is 5.47. The summed E-state index contributed by atoms with van der Waals surface area (Å²) in [5, 5.41) is 2.72. The van der Waals surface area contributed by atoms with Crippen molar-refractivity contribution in [3.8, 4) is 0 Å². The van der Waals surface area contributed by atoms with E-state index in [-0.39, 0.29) is 5.91 Å². The van der Waals surface area contributed by atoms with Crippen LogP contribution in [0.2, 0.25) is 0 Å². The molecule has 1 fully saturated rings. The number of nitrogens with one attached hydrogen (secondary N) is 1. The molecule has 2 aliphatic rings. The van der Waals surface area contributed by atoms with Crippen molar-refractivity contribution in [2.24, 2.45) is 0 Å². The molecule has 2 heterocycles. The van der Waals surface area contributed by atoms with Crippen LogP contribution < -0.4 is 5.32 Å². The number of ether oxygens (including phenoxy) is 1. The normalized spacial score (nSPS) is 23.1. The number of rotatable bonds is 1. The number of fused-ring (bicyclic) bond motifs is 1. The van der Waals surface area contributed by atoms with E-state index in [0.29, 0.717) is 12.3 Å². The topological polar surface area (TPSA) is 51.2 Å². The van der Waals surface area contributed by atoms with Gasteiger partial charge in [-0.05, 0) is 29.2 Å². The quantitative estimate of drug-likeness (QED) is 0.781. The molecule has 1 aromatic heterocycles. The fourth-order valence-corrected chi connectivity index (χ4v) is 2.18. The Morgan fingerprint density at radius 3 is 3.18 bits per heavy atom.